The van der Waals surface area contributed by atoms with Crippen LogP contribution in [0.3, 0.4) is 0 Å². The first-order valence-corrected chi connectivity index (χ1v) is 5.76. The number of hydrogen-bond acceptors (Lipinski definition) is 3. The van der Waals surface area contributed by atoms with Gasteiger partial charge in [-0.05, 0) is 24.0 Å². The number of hydrogen-bond donors (Lipinski definition) is 1. The molecular formula is C12H19ClN2O. The highest BCUT2D eigenvalue weighted by Gasteiger charge is 2.17. The largest absolute Gasteiger partial charge is 0.385 e. The maximum atomic E-state index is 5.81. The molecule has 1 heterocycles. The van der Waals surface area contributed by atoms with Gasteiger partial charge in [-0.3, -0.25) is 0 Å². The van der Waals surface area contributed by atoms with Gasteiger partial charge in [-0.1, -0.05) is 25.4 Å². The third-order valence-electron chi connectivity index (χ3n) is 2.48. The first kappa shape index (κ1) is 13.3. The number of halogens is 1. The molecule has 0 saturated heterocycles. The van der Waals surface area contributed by atoms with Crippen molar-refractivity contribution in [3.8, 4) is 0 Å². The molecular weight excluding hydrogens is 224 g/mol. The second-order valence-corrected chi connectivity index (χ2v) is 5.02. The van der Waals surface area contributed by atoms with E-state index in [2.05, 4.69) is 24.1 Å². The minimum absolute atomic E-state index is 0.200. The van der Waals surface area contributed by atoms with Gasteiger partial charge in [0.2, 0.25) is 0 Å². The minimum atomic E-state index is 0.200. The third kappa shape index (κ3) is 4.81. The Morgan fingerprint density at radius 2 is 2.25 bits per heavy atom. The van der Waals surface area contributed by atoms with Crippen molar-refractivity contribution in [1.29, 1.82) is 0 Å². The summed E-state index contributed by atoms with van der Waals surface area (Å²) in [6, 6.07) is 3.74. The molecule has 1 aromatic heterocycles. The summed E-state index contributed by atoms with van der Waals surface area (Å²) in [7, 11) is 1.73. The fraction of sp³-hybridized carbons (Fsp3) is 0.583. The minimum Gasteiger partial charge on any atom is -0.385 e. The average molecular weight is 243 g/mol. The highest BCUT2D eigenvalue weighted by atomic mass is 35.5. The second-order valence-electron chi connectivity index (χ2n) is 4.63. The molecule has 0 aromatic carbocycles. The standard InChI is InChI=1S/C12H19ClN2O/c1-12(2,5-7-16-3)9-15-10-4-6-14-11(13)8-10/h4,6,8H,5,7,9H2,1-3H3,(H,14,15). The molecule has 0 aliphatic rings. The Balaban J connectivity index is 2.44. The lowest BCUT2D eigenvalue weighted by Crippen LogP contribution is -2.24. The molecule has 1 aromatic rings. The van der Waals surface area contributed by atoms with Crippen molar-refractivity contribution in [2.75, 3.05) is 25.6 Å². The fourth-order valence-electron chi connectivity index (χ4n) is 1.32. The van der Waals surface area contributed by atoms with Crippen LogP contribution in [0.5, 0.6) is 0 Å². The zero-order chi connectivity index (χ0) is 12.0. The van der Waals surface area contributed by atoms with Gasteiger partial charge in [-0.15, -0.1) is 0 Å². The lowest BCUT2D eigenvalue weighted by Gasteiger charge is -2.25. The van der Waals surface area contributed by atoms with Crippen molar-refractivity contribution in [3.05, 3.63) is 23.5 Å². The van der Waals surface area contributed by atoms with E-state index in [0.717, 1.165) is 25.3 Å². The zero-order valence-corrected chi connectivity index (χ0v) is 10.8. The molecule has 0 aliphatic carbocycles. The Morgan fingerprint density at radius 3 is 2.88 bits per heavy atom. The van der Waals surface area contributed by atoms with Crippen molar-refractivity contribution in [3.63, 3.8) is 0 Å². The van der Waals surface area contributed by atoms with Gasteiger partial charge in [0.1, 0.15) is 5.15 Å². The van der Waals surface area contributed by atoms with Gasteiger partial charge in [0.25, 0.3) is 0 Å². The molecule has 3 nitrogen and oxygen atoms in total. The normalized spacial score (nSPS) is 11.5. The molecule has 0 amide bonds. The Labute approximate surface area is 102 Å². The van der Waals surface area contributed by atoms with E-state index in [0.29, 0.717) is 5.15 Å². The second kappa shape index (κ2) is 6.06. The molecule has 0 bridgehead atoms. The molecule has 4 heteroatoms. The van der Waals surface area contributed by atoms with Crippen molar-refractivity contribution in [1.82, 2.24) is 4.98 Å². The highest BCUT2D eigenvalue weighted by molar-refractivity contribution is 6.29. The van der Waals surface area contributed by atoms with E-state index < -0.39 is 0 Å². The van der Waals surface area contributed by atoms with E-state index in [1.165, 1.54) is 0 Å². The van der Waals surface area contributed by atoms with Crippen LogP contribution in [-0.4, -0.2) is 25.2 Å². The molecule has 0 fully saturated rings. The number of pyridine rings is 1. The summed E-state index contributed by atoms with van der Waals surface area (Å²) < 4.78 is 5.09. The van der Waals surface area contributed by atoms with E-state index in [9.17, 15) is 0 Å². The summed E-state index contributed by atoms with van der Waals surface area (Å²) in [6.45, 7) is 6.09. The summed E-state index contributed by atoms with van der Waals surface area (Å²) in [6.07, 6.45) is 2.72. The van der Waals surface area contributed by atoms with E-state index in [1.54, 1.807) is 13.3 Å². The SMILES string of the molecule is COCCC(C)(C)CNc1ccnc(Cl)c1. The number of anilines is 1. The predicted molar refractivity (Wildman–Crippen MR) is 68.0 cm³/mol. The Kier molecular flexibility index (Phi) is 5.03. The van der Waals surface area contributed by atoms with Gasteiger partial charge in [-0.25, -0.2) is 4.98 Å². The number of methoxy groups -OCH3 is 1. The molecule has 0 spiro atoms. The molecule has 0 unspecified atom stereocenters. The van der Waals surface area contributed by atoms with Crippen LogP contribution in [0.25, 0.3) is 0 Å². The molecule has 0 radical (unpaired) electrons. The van der Waals surface area contributed by atoms with Gasteiger partial charge >= 0.3 is 0 Å². The van der Waals surface area contributed by atoms with Crippen molar-refractivity contribution in [2.45, 2.75) is 20.3 Å². The number of nitrogens with zero attached hydrogens (tertiary/aromatic N) is 1. The molecule has 0 saturated carbocycles. The van der Waals surface area contributed by atoms with Gasteiger partial charge in [0.15, 0.2) is 0 Å². The molecule has 0 atom stereocenters. The molecule has 16 heavy (non-hydrogen) atoms. The molecule has 1 rings (SSSR count). The van der Waals surface area contributed by atoms with Crippen LogP contribution < -0.4 is 5.32 Å². The van der Waals surface area contributed by atoms with Gasteiger partial charge in [-0.2, -0.15) is 0 Å². The Hall–Kier alpha value is -0.800. The Bertz CT molecular complexity index is 329. The number of rotatable bonds is 6. The van der Waals surface area contributed by atoms with Crippen LogP contribution >= 0.6 is 11.6 Å². The molecule has 90 valence electrons. The maximum absolute atomic E-state index is 5.81. The summed E-state index contributed by atoms with van der Waals surface area (Å²) in [4.78, 5) is 3.94. The lowest BCUT2D eigenvalue weighted by atomic mass is 9.89. The number of nitrogens with one attached hydrogen (secondary N) is 1. The van der Waals surface area contributed by atoms with Crippen molar-refractivity contribution < 1.29 is 4.74 Å². The van der Waals surface area contributed by atoms with Gasteiger partial charge < -0.3 is 10.1 Å². The summed E-state index contributed by atoms with van der Waals surface area (Å²) in [5.74, 6) is 0. The van der Waals surface area contributed by atoms with Crippen LogP contribution in [-0.2, 0) is 4.74 Å². The first-order valence-electron chi connectivity index (χ1n) is 5.38. The van der Waals surface area contributed by atoms with Crippen LogP contribution in [0, 0.1) is 5.41 Å². The van der Waals surface area contributed by atoms with E-state index in [-0.39, 0.29) is 5.41 Å². The number of ether oxygens (including phenoxy) is 1. The van der Waals surface area contributed by atoms with E-state index in [4.69, 9.17) is 16.3 Å². The van der Waals surface area contributed by atoms with Gasteiger partial charge in [0, 0.05) is 32.1 Å². The van der Waals surface area contributed by atoms with Crippen molar-refractivity contribution in [2.24, 2.45) is 5.41 Å². The Morgan fingerprint density at radius 1 is 1.50 bits per heavy atom. The smallest absolute Gasteiger partial charge is 0.131 e. The topological polar surface area (TPSA) is 34.1 Å². The van der Waals surface area contributed by atoms with Crippen LogP contribution in [0.1, 0.15) is 20.3 Å². The predicted octanol–water partition coefficient (Wildman–Crippen LogP) is 3.21. The molecule has 1 N–H and O–H groups in total. The summed E-state index contributed by atoms with van der Waals surface area (Å²) in [5.41, 5.74) is 1.21. The van der Waals surface area contributed by atoms with Crippen LogP contribution in [0.15, 0.2) is 18.3 Å². The third-order valence-corrected chi connectivity index (χ3v) is 2.69. The van der Waals surface area contributed by atoms with E-state index in [1.807, 2.05) is 12.1 Å². The van der Waals surface area contributed by atoms with Crippen LogP contribution in [0.2, 0.25) is 5.15 Å². The van der Waals surface area contributed by atoms with Crippen LogP contribution in [0.4, 0.5) is 5.69 Å². The van der Waals surface area contributed by atoms with Crippen molar-refractivity contribution >= 4 is 17.3 Å². The average Bonchev–Trinajstić information content (AvgIpc) is 2.24. The maximum Gasteiger partial charge on any atom is 0.131 e. The molecule has 0 aliphatic heterocycles. The summed E-state index contributed by atoms with van der Waals surface area (Å²) >= 11 is 5.81. The number of aromatic nitrogens is 1. The highest BCUT2D eigenvalue weighted by Crippen LogP contribution is 2.21. The van der Waals surface area contributed by atoms with Gasteiger partial charge in [0.05, 0.1) is 0 Å². The fourth-order valence-corrected chi connectivity index (χ4v) is 1.49. The monoisotopic (exact) mass is 242 g/mol. The lowest BCUT2D eigenvalue weighted by molar-refractivity contribution is 0.157. The summed E-state index contributed by atoms with van der Waals surface area (Å²) in [5, 5.41) is 3.87. The quantitative estimate of drug-likeness (QED) is 0.778. The zero-order valence-electron chi connectivity index (χ0n) is 10.1. The van der Waals surface area contributed by atoms with E-state index >= 15 is 0 Å². The first-order chi connectivity index (χ1) is 7.53.